The number of carbonyl (C=O) groups is 2. The molecule has 29 heavy (non-hydrogen) atoms. The van der Waals surface area contributed by atoms with E-state index in [0.29, 0.717) is 36.6 Å². The van der Waals surface area contributed by atoms with E-state index in [1.165, 1.54) is 11.3 Å². The second-order valence-electron chi connectivity index (χ2n) is 7.05. The molecule has 1 aromatic carbocycles. The summed E-state index contributed by atoms with van der Waals surface area (Å²) < 4.78 is 1.94. The van der Waals surface area contributed by atoms with Gasteiger partial charge >= 0.3 is 0 Å². The third-order valence-corrected chi connectivity index (χ3v) is 5.72. The molecule has 150 valence electrons. The molecule has 3 aromatic rings. The third kappa shape index (κ3) is 4.34. The molecule has 1 aliphatic rings. The Morgan fingerprint density at radius 2 is 2.10 bits per heavy atom. The first-order chi connectivity index (χ1) is 14.0. The number of hydrogen-bond acceptors (Lipinski definition) is 6. The Hall–Kier alpha value is -3.07. The van der Waals surface area contributed by atoms with Gasteiger partial charge < -0.3 is 4.90 Å². The number of anilines is 2. The van der Waals surface area contributed by atoms with Crippen molar-refractivity contribution < 1.29 is 9.59 Å². The first-order valence-corrected chi connectivity index (χ1v) is 10.4. The molecule has 8 nitrogen and oxygen atoms in total. The molecular weight excluding hydrogens is 388 g/mol. The molecule has 0 aliphatic carbocycles. The normalized spacial score (nSPS) is 13.9. The van der Waals surface area contributed by atoms with E-state index in [-0.39, 0.29) is 11.8 Å². The average Bonchev–Trinajstić information content (AvgIpc) is 3.41. The summed E-state index contributed by atoms with van der Waals surface area (Å²) in [4.78, 5) is 26.3. The Balaban J connectivity index is 1.39. The highest BCUT2D eigenvalue weighted by molar-refractivity contribution is 7.15. The van der Waals surface area contributed by atoms with Crippen molar-refractivity contribution in [2.24, 2.45) is 0 Å². The van der Waals surface area contributed by atoms with Crippen LogP contribution in [0, 0.1) is 13.8 Å². The van der Waals surface area contributed by atoms with Crippen LogP contribution in [-0.4, -0.2) is 38.3 Å². The Bertz CT molecular complexity index is 1060. The van der Waals surface area contributed by atoms with E-state index in [1.807, 2.05) is 30.7 Å². The summed E-state index contributed by atoms with van der Waals surface area (Å²) in [6.07, 6.45) is 2.10. The molecule has 1 fully saturated rings. The van der Waals surface area contributed by atoms with E-state index in [1.54, 1.807) is 23.1 Å². The van der Waals surface area contributed by atoms with Crippen molar-refractivity contribution in [3.63, 3.8) is 0 Å². The minimum Gasteiger partial charge on any atom is -0.312 e. The first kappa shape index (κ1) is 19.3. The third-order valence-electron chi connectivity index (χ3n) is 4.82. The molecule has 0 saturated carbocycles. The maximum Gasteiger partial charge on any atom is 0.257 e. The lowest BCUT2D eigenvalue weighted by molar-refractivity contribution is -0.117. The Morgan fingerprint density at radius 1 is 1.24 bits per heavy atom. The van der Waals surface area contributed by atoms with Crippen molar-refractivity contribution in [2.75, 3.05) is 16.8 Å². The van der Waals surface area contributed by atoms with Crippen molar-refractivity contribution in [3.8, 4) is 0 Å². The van der Waals surface area contributed by atoms with Gasteiger partial charge in [-0.15, -0.1) is 10.2 Å². The fourth-order valence-corrected chi connectivity index (χ4v) is 4.14. The van der Waals surface area contributed by atoms with Gasteiger partial charge in [-0.25, -0.2) is 0 Å². The second kappa shape index (κ2) is 8.12. The highest BCUT2D eigenvalue weighted by atomic mass is 32.1. The molecule has 0 bridgehead atoms. The Labute approximate surface area is 172 Å². The van der Waals surface area contributed by atoms with Crippen molar-refractivity contribution in [3.05, 3.63) is 52.3 Å². The van der Waals surface area contributed by atoms with Gasteiger partial charge in [-0.3, -0.25) is 19.6 Å². The van der Waals surface area contributed by atoms with Gasteiger partial charge in [-0.05, 0) is 44.5 Å². The van der Waals surface area contributed by atoms with E-state index in [4.69, 9.17) is 0 Å². The van der Waals surface area contributed by atoms with Gasteiger partial charge in [-0.2, -0.15) is 5.10 Å². The standard InChI is InChI=1S/C20H22N6O2S/c1-13-11-14(2)26(24-13)10-8-17-22-23-20(29-17)21-19(28)15-5-3-6-16(12-15)25-9-4-7-18(25)27/h3,5-6,11-12H,4,7-10H2,1-2H3,(H,21,23,28). The molecule has 0 spiro atoms. The molecule has 1 aliphatic heterocycles. The monoisotopic (exact) mass is 410 g/mol. The predicted molar refractivity (Wildman–Crippen MR) is 111 cm³/mol. The smallest absolute Gasteiger partial charge is 0.257 e. The molecular formula is C20H22N6O2S. The molecule has 9 heteroatoms. The Morgan fingerprint density at radius 3 is 2.83 bits per heavy atom. The van der Waals surface area contributed by atoms with Crippen LogP contribution in [-0.2, 0) is 17.8 Å². The summed E-state index contributed by atoms with van der Waals surface area (Å²) in [5.74, 6) is -0.168. The zero-order valence-electron chi connectivity index (χ0n) is 16.4. The number of nitrogens with zero attached hydrogens (tertiary/aromatic N) is 5. The number of aromatic nitrogens is 4. The summed E-state index contributed by atoms with van der Waals surface area (Å²) in [5.41, 5.74) is 3.34. The number of hydrogen-bond donors (Lipinski definition) is 1. The van der Waals surface area contributed by atoms with Crippen LogP contribution in [0.4, 0.5) is 10.8 Å². The van der Waals surface area contributed by atoms with E-state index >= 15 is 0 Å². The molecule has 0 unspecified atom stereocenters. The minimum atomic E-state index is -0.264. The van der Waals surface area contributed by atoms with Crippen molar-refractivity contribution in [1.29, 1.82) is 0 Å². The SMILES string of the molecule is Cc1cc(C)n(CCc2nnc(NC(=O)c3cccc(N4CCCC4=O)c3)s2)n1. The topological polar surface area (TPSA) is 93.0 Å². The number of carbonyl (C=O) groups excluding carboxylic acids is 2. The minimum absolute atomic E-state index is 0.0962. The van der Waals surface area contributed by atoms with Crippen LogP contribution in [0.1, 0.15) is 39.6 Å². The maximum absolute atomic E-state index is 12.6. The van der Waals surface area contributed by atoms with Gasteiger partial charge in [0.15, 0.2) is 0 Å². The van der Waals surface area contributed by atoms with Crippen LogP contribution < -0.4 is 10.2 Å². The quantitative estimate of drug-likeness (QED) is 0.674. The summed E-state index contributed by atoms with van der Waals surface area (Å²) >= 11 is 1.36. The van der Waals surface area contributed by atoms with Crippen LogP contribution in [0.3, 0.4) is 0 Å². The van der Waals surface area contributed by atoms with Crippen molar-refractivity contribution in [2.45, 2.75) is 39.7 Å². The maximum atomic E-state index is 12.6. The highest BCUT2D eigenvalue weighted by Gasteiger charge is 2.22. The van der Waals surface area contributed by atoms with E-state index in [0.717, 1.165) is 28.5 Å². The molecule has 2 aromatic heterocycles. The summed E-state index contributed by atoms with van der Waals surface area (Å²) in [6, 6.07) is 9.14. The number of rotatable bonds is 6. The summed E-state index contributed by atoms with van der Waals surface area (Å²) in [5, 5.41) is 16.8. The fourth-order valence-electron chi connectivity index (χ4n) is 3.41. The first-order valence-electron chi connectivity index (χ1n) is 9.55. The van der Waals surface area contributed by atoms with Crippen LogP contribution in [0.2, 0.25) is 0 Å². The molecule has 0 radical (unpaired) electrons. The van der Waals surface area contributed by atoms with E-state index in [2.05, 4.69) is 20.6 Å². The lowest BCUT2D eigenvalue weighted by Gasteiger charge is -2.16. The van der Waals surface area contributed by atoms with E-state index in [9.17, 15) is 9.59 Å². The van der Waals surface area contributed by atoms with Crippen molar-refractivity contribution in [1.82, 2.24) is 20.0 Å². The molecule has 0 atom stereocenters. The molecule has 3 heterocycles. The van der Waals surface area contributed by atoms with Gasteiger partial charge in [0.1, 0.15) is 5.01 Å². The highest BCUT2D eigenvalue weighted by Crippen LogP contribution is 2.23. The second-order valence-corrected chi connectivity index (χ2v) is 8.12. The average molecular weight is 411 g/mol. The van der Waals surface area contributed by atoms with Crippen molar-refractivity contribution >= 4 is 34.0 Å². The Kier molecular flexibility index (Phi) is 5.39. The van der Waals surface area contributed by atoms with Gasteiger partial charge in [-0.1, -0.05) is 17.4 Å². The molecule has 1 N–H and O–H groups in total. The van der Waals surface area contributed by atoms with Gasteiger partial charge in [0.25, 0.3) is 5.91 Å². The van der Waals surface area contributed by atoms with Gasteiger partial charge in [0.05, 0.1) is 5.69 Å². The van der Waals surface area contributed by atoms with Crippen LogP contribution in [0.15, 0.2) is 30.3 Å². The summed E-state index contributed by atoms with van der Waals surface area (Å²) in [6.45, 7) is 5.40. The zero-order valence-corrected chi connectivity index (χ0v) is 17.2. The van der Waals surface area contributed by atoms with Crippen LogP contribution in [0.5, 0.6) is 0 Å². The fraction of sp³-hybridized carbons (Fsp3) is 0.350. The van der Waals surface area contributed by atoms with Crippen LogP contribution in [0.25, 0.3) is 0 Å². The van der Waals surface area contributed by atoms with Crippen LogP contribution >= 0.6 is 11.3 Å². The lowest BCUT2D eigenvalue weighted by atomic mass is 10.2. The van der Waals surface area contributed by atoms with E-state index < -0.39 is 0 Å². The number of benzene rings is 1. The number of amides is 2. The predicted octanol–water partition coefficient (Wildman–Crippen LogP) is 2.97. The molecule has 1 saturated heterocycles. The molecule has 2 amide bonds. The molecule has 4 rings (SSSR count). The lowest BCUT2D eigenvalue weighted by Crippen LogP contribution is -2.24. The number of nitrogens with one attached hydrogen (secondary N) is 1. The largest absolute Gasteiger partial charge is 0.312 e. The number of aryl methyl sites for hydroxylation is 4. The zero-order chi connectivity index (χ0) is 20.4. The van der Waals surface area contributed by atoms with Gasteiger partial charge in [0.2, 0.25) is 11.0 Å². The van der Waals surface area contributed by atoms with Gasteiger partial charge in [0, 0.05) is 42.9 Å². The summed E-state index contributed by atoms with van der Waals surface area (Å²) in [7, 11) is 0.